The molecule has 2 unspecified atom stereocenters. The second-order valence-electron chi connectivity index (χ2n) is 5.76. The molecule has 2 aliphatic rings. The van der Waals surface area contributed by atoms with Crippen molar-refractivity contribution in [3.8, 4) is 0 Å². The van der Waals surface area contributed by atoms with E-state index in [2.05, 4.69) is 12.2 Å². The van der Waals surface area contributed by atoms with Gasteiger partial charge in [-0.3, -0.25) is 4.79 Å². The third kappa shape index (κ3) is 2.43. The van der Waals surface area contributed by atoms with Crippen LogP contribution in [0.1, 0.15) is 48.1 Å². The highest BCUT2D eigenvalue weighted by atomic mass is 32.1. The highest BCUT2D eigenvalue weighted by Gasteiger charge is 2.32. The van der Waals surface area contributed by atoms with E-state index < -0.39 is 6.10 Å². The van der Waals surface area contributed by atoms with Crippen molar-refractivity contribution in [3.63, 3.8) is 0 Å². The zero-order valence-electron chi connectivity index (χ0n) is 11.4. The Morgan fingerprint density at radius 3 is 2.74 bits per heavy atom. The minimum atomic E-state index is -0.449. The first-order valence-electron chi connectivity index (χ1n) is 7.27. The van der Waals surface area contributed by atoms with Crippen molar-refractivity contribution in [2.75, 3.05) is 5.32 Å². The summed E-state index contributed by atoms with van der Waals surface area (Å²) < 4.78 is 0. The van der Waals surface area contributed by atoms with Crippen molar-refractivity contribution >= 4 is 22.2 Å². The molecule has 1 amide bonds. The fourth-order valence-corrected chi connectivity index (χ4v) is 4.59. The molecule has 2 atom stereocenters. The van der Waals surface area contributed by atoms with Crippen LogP contribution in [0.4, 0.5) is 5.00 Å². The largest absolute Gasteiger partial charge is 0.392 e. The number of hydrogen-bond acceptors (Lipinski definition) is 3. The highest BCUT2D eigenvalue weighted by Crippen LogP contribution is 2.38. The molecule has 3 rings (SSSR count). The molecule has 0 aromatic carbocycles. The van der Waals surface area contributed by atoms with Gasteiger partial charge >= 0.3 is 0 Å². The number of amides is 1. The summed E-state index contributed by atoms with van der Waals surface area (Å²) in [5.41, 5.74) is 2.71. The summed E-state index contributed by atoms with van der Waals surface area (Å²) >= 11 is 1.74. The van der Waals surface area contributed by atoms with Crippen LogP contribution in [0.3, 0.4) is 0 Å². The summed E-state index contributed by atoms with van der Waals surface area (Å²) in [7, 11) is 0. The molecule has 1 heterocycles. The number of anilines is 1. The molecular formula is C15H21NO2S. The van der Waals surface area contributed by atoms with Crippen molar-refractivity contribution in [2.45, 2.75) is 58.0 Å². The first-order valence-corrected chi connectivity index (χ1v) is 8.08. The number of carbonyl (C=O) groups excluding carboxylic acids is 1. The second kappa shape index (κ2) is 5.25. The Hall–Kier alpha value is -0.870. The molecule has 1 aromatic heterocycles. The zero-order chi connectivity index (χ0) is 13.4. The molecule has 0 aliphatic heterocycles. The maximum Gasteiger partial charge on any atom is 0.230 e. The van der Waals surface area contributed by atoms with E-state index in [-0.39, 0.29) is 11.8 Å². The van der Waals surface area contributed by atoms with Gasteiger partial charge in [-0.2, -0.15) is 0 Å². The van der Waals surface area contributed by atoms with Crippen LogP contribution in [-0.4, -0.2) is 17.1 Å². The average molecular weight is 279 g/mol. The topological polar surface area (TPSA) is 49.3 Å². The van der Waals surface area contributed by atoms with Gasteiger partial charge in [0.1, 0.15) is 0 Å². The highest BCUT2D eigenvalue weighted by molar-refractivity contribution is 7.16. The Labute approximate surface area is 118 Å². The predicted octanol–water partition coefficient (Wildman–Crippen LogP) is 3.03. The Morgan fingerprint density at radius 2 is 2.05 bits per heavy atom. The SMILES string of the molecule is Cc1c(NC(=O)C2CCCC2O)sc2c1CCCC2. The third-order valence-electron chi connectivity index (χ3n) is 4.49. The summed E-state index contributed by atoms with van der Waals surface area (Å²) in [4.78, 5) is 13.7. The molecule has 1 fully saturated rings. The molecule has 2 aliphatic carbocycles. The van der Waals surface area contributed by atoms with Crippen molar-refractivity contribution in [3.05, 3.63) is 16.0 Å². The average Bonchev–Trinajstić information content (AvgIpc) is 2.95. The Morgan fingerprint density at radius 1 is 1.26 bits per heavy atom. The summed E-state index contributed by atoms with van der Waals surface area (Å²) in [6, 6.07) is 0. The van der Waals surface area contributed by atoms with Crippen LogP contribution < -0.4 is 5.32 Å². The van der Waals surface area contributed by atoms with Crippen molar-refractivity contribution in [1.82, 2.24) is 0 Å². The van der Waals surface area contributed by atoms with Gasteiger partial charge in [-0.25, -0.2) is 0 Å². The molecule has 4 heteroatoms. The quantitative estimate of drug-likeness (QED) is 0.874. The molecule has 104 valence electrons. The molecule has 0 bridgehead atoms. The lowest BCUT2D eigenvalue weighted by molar-refractivity contribution is -0.122. The van der Waals surface area contributed by atoms with Crippen LogP contribution in [0, 0.1) is 12.8 Å². The number of aryl methyl sites for hydroxylation is 1. The number of thiophene rings is 1. The first-order chi connectivity index (χ1) is 9.16. The molecule has 0 radical (unpaired) electrons. The van der Waals surface area contributed by atoms with E-state index >= 15 is 0 Å². The van der Waals surface area contributed by atoms with E-state index in [0.717, 1.165) is 37.1 Å². The minimum Gasteiger partial charge on any atom is -0.392 e. The van der Waals surface area contributed by atoms with E-state index in [1.165, 1.54) is 28.8 Å². The van der Waals surface area contributed by atoms with Crippen molar-refractivity contribution < 1.29 is 9.90 Å². The second-order valence-corrected chi connectivity index (χ2v) is 6.86. The van der Waals surface area contributed by atoms with Gasteiger partial charge in [0.15, 0.2) is 0 Å². The van der Waals surface area contributed by atoms with Gasteiger partial charge in [0, 0.05) is 4.88 Å². The first kappa shape index (κ1) is 13.1. The molecule has 0 saturated heterocycles. The Kier molecular flexibility index (Phi) is 3.63. The van der Waals surface area contributed by atoms with Gasteiger partial charge in [0.05, 0.1) is 17.0 Å². The van der Waals surface area contributed by atoms with Crippen LogP contribution >= 0.6 is 11.3 Å². The van der Waals surface area contributed by atoms with Gasteiger partial charge in [-0.1, -0.05) is 0 Å². The van der Waals surface area contributed by atoms with E-state index in [1.807, 2.05) is 0 Å². The number of hydrogen-bond donors (Lipinski definition) is 2. The summed E-state index contributed by atoms with van der Waals surface area (Å²) in [6.45, 7) is 2.11. The maximum absolute atomic E-state index is 12.2. The van der Waals surface area contributed by atoms with Crippen LogP contribution in [0.2, 0.25) is 0 Å². The van der Waals surface area contributed by atoms with Crippen LogP contribution in [0.15, 0.2) is 0 Å². The molecule has 2 N–H and O–H groups in total. The van der Waals surface area contributed by atoms with Gasteiger partial charge in [0.25, 0.3) is 0 Å². The lowest BCUT2D eigenvalue weighted by atomic mass is 9.96. The van der Waals surface area contributed by atoms with Crippen molar-refractivity contribution in [2.24, 2.45) is 5.92 Å². The number of carbonyl (C=O) groups is 1. The van der Waals surface area contributed by atoms with Crippen LogP contribution in [0.25, 0.3) is 0 Å². The molecular weight excluding hydrogens is 258 g/mol. The van der Waals surface area contributed by atoms with Gasteiger partial charge in [-0.05, 0) is 63.0 Å². The molecule has 3 nitrogen and oxygen atoms in total. The lowest BCUT2D eigenvalue weighted by Gasteiger charge is -2.14. The van der Waals surface area contributed by atoms with Gasteiger partial charge < -0.3 is 10.4 Å². The molecule has 1 saturated carbocycles. The normalized spacial score (nSPS) is 26.2. The third-order valence-corrected chi connectivity index (χ3v) is 5.80. The van der Waals surface area contributed by atoms with E-state index in [4.69, 9.17) is 0 Å². The predicted molar refractivity (Wildman–Crippen MR) is 77.7 cm³/mol. The number of rotatable bonds is 2. The number of aliphatic hydroxyl groups is 1. The summed E-state index contributed by atoms with van der Waals surface area (Å²) in [6.07, 6.45) is 6.92. The van der Waals surface area contributed by atoms with Gasteiger partial charge in [0.2, 0.25) is 5.91 Å². The monoisotopic (exact) mass is 279 g/mol. The number of aliphatic hydroxyl groups excluding tert-OH is 1. The maximum atomic E-state index is 12.2. The van der Waals surface area contributed by atoms with E-state index in [9.17, 15) is 9.90 Å². The molecule has 1 aromatic rings. The van der Waals surface area contributed by atoms with Crippen LogP contribution in [-0.2, 0) is 17.6 Å². The smallest absolute Gasteiger partial charge is 0.230 e. The summed E-state index contributed by atoms with van der Waals surface area (Å²) in [5, 5.41) is 13.9. The van der Waals surface area contributed by atoms with E-state index in [1.54, 1.807) is 11.3 Å². The fourth-order valence-electron chi connectivity index (χ4n) is 3.29. The van der Waals surface area contributed by atoms with Crippen LogP contribution in [0.5, 0.6) is 0 Å². The zero-order valence-corrected chi connectivity index (χ0v) is 12.2. The number of nitrogens with one attached hydrogen (secondary N) is 1. The van der Waals surface area contributed by atoms with Crippen molar-refractivity contribution in [1.29, 1.82) is 0 Å². The molecule has 19 heavy (non-hydrogen) atoms. The minimum absolute atomic E-state index is 0.00620. The van der Waals surface area contributed by atoms with E-state index in [0.29, 0.717) is 0 Å². The summed E-state index contributed by atoms with van der Waals surface area (Å²) in [5.74, 6) is -0.203. The standard InChI is InChI=1S/C15H21NO2S/c1-9-10-5-2-3-8-13(10)19-15(9)16-14(18)11-6-4-7-12(11)17/h11-12,17H,2-8H2,1H3,(H,16,18). The fraction of sp³-hybridized carbons (Fsp3) is 0.667. The molecule has 0 spiro atoms. The Bertz CT molecular complexity index is 495. The van der Waals surface area contributed by atoms with Gasteiger partial charge in [-0.15, -0.1) is 11.3 Å². The number of fused-ring (bicyclic) bond motifs is 1. The lowest BCUT2D eigenvalue weighted by Crippen LogP contribution is -2.28. The Balaban J connectivity index is 1.76.